The van der Waals surface area contributed by atoms with Gasteiger partial charge in [-0.1, -0.05) is 31.0 Å². The van der Waals surface area contributed by atoms with Gasteiger partial charge in [-0.2, -0.15) is 0 Å². The van der Waals surface area contributed by atoms with Crippen LogP contribution in [-0.2, 0) is 16.6 Å². The lowest BCUT2D eigenvalue weighted by molar-refractivity contribution is -0.313. The summed E-state index contributed by atoms with van der Waals surface area (Å²) in [5, 5.41) is 14.0. The number of carboxylic acid groups (broad SMARTS) is 1. The number of hydrogen-bond donors (Lipinski definition) is 1. The van der Waals surface area contributed by atoms with Gasteiger partial charge in [-0.25, -0.2) is 4.68 Å². The summed E-state index contributed by atoms with van der Waals surface area (Å²) in [6.45, 7) is 1.74. The predicted molar refractivity (Wildman–Crippen MR) is 94.8 cm³/mol. The number of carbonyl (C=O) groups excluding carboxylic acids is 2. The highest BCUT2D eigenvalue weighted by Gasteiger charge is 2.33. The third-order valence-electron chi connectivity index (χ3n) is 5.21. The number of aliphatic carboxylic acids is 1. The molecule has 2 aromatic rings. The minimum Gasteiger partial charge on any atom is -0.550 e. The largest absolute Gasteiger partial charge is 0.550 e. The van der Waals surface area contributed by atoms with Crippen molar-refractivity contribution in [1.82, 2.24) is 9.36 Å². The van der Waals surface area contributed by atoms with Gasteiger partial charge in [0.05, 0.1) is 11.4 Å². The summed E-state index contributed by atoms with van der Waals surface area (Å²) < 4.78 is 3.15. The smallest absolute Gasteiger partial charge is 0.295 e. The van der Waals surface area contributed by atoms with Crippen LogP contribution in [0, 0.1) is 18.8 Å². The van der Waals surface area contributed by atoms with Gasteiger partial charge in [0.15, 0.2) is 0 Å². The maximum atomic E-state index is 12.8. The van der Waals surface area contributed by atoms with Crippen LogP contribution in [-0.4, -0.2) is 21.2 Å². The molecule has 2 unspecified atom stereocenters. The average Bonchev–Trinajstić information content (AvgIpc) is 2.85. The van der Waals surface area contributed by atoms with E-state index in [4.69, 9.17) is 0 Å². The van der Waals surface area contributed by atoms with Gasteiger partial charge in [-0.3, -0.25) is 14.3 Å². The van der Waals surface area contributed by atoms with Gasteiger partial charge in [-0.05, 0) is 31.9 Å². The lowest BCUT2D eigenvalue weighted by atomic mass is 9.78. The molecule has 1 heterocycles. The van der Waals surface area contributed by atoms with Crippen LogP contribution in [0.15, 0.2) is 35.1 Å². The van der Waals surface area contributed by atoms with Crippen LogP contribution in [0.1, 0.15) is 31.4 Å². The Morgan fingerprint density at radius 1 is 1.12 bits per heavy atom. The van der Waals surface area contributed by atoms with Crippen molar-refractivity contribution < 1.29 is 14.7 Å². The third-order valence-corrected chi connectivity index (χ3v) is 5.21. The van der Waals surface area contributed by atoms with Crippen molar-refractivity contribution in [3.63, 3.8) is 0 Å². The molecule has 7 heteroatoms. The van der Waals surface area contributed by atoms with Crippen molar-refractivity contribution in [3.8, 4) is 5.69 Å². The summed E-state index contributed by atoms with van der Waals surface area (Å²) in [7, 11) is 1.74. The van der Waals surface area contributed by atoms with E-state index in [1.165, 1.54) is 4.68 Å². The number of anilines is 1. The molecule has 0 saturated heterocycles. The fourth-order valence-corrected chi connectivity index (χ4v) is 3.65. The number of rotatable bonds is 4. The highest BCUT2D eigenvalue weighted by atomic mass is 16.4. The molecule has 0 radical (unpaired) electrons. The van der Waals surface area contributed by atoms with Crippen molar-refractivity contribution in [2.75, 3.05) is 5.32 Å². The van der Waals surface area contributed by atoms with E-state index < -0.39 is 23.7 Å². The molecule has 1 saturated carbocycles. The van der Waals surface area contributed by atoms with E-state index in [1.807, 2.05) is 18.2 Å². The van der Waals surface area contributed by atoms with Crippen LogP contribution < -0.4 is 16.0 Å². The molecule has 1 aromatic carbocycles. The van der Waals surface area contributed by atoms with Crippen molar-refractivity contribution >= 4 is 17.6 Å². The van der Waals surface area contributed by atoms with Crippen molar-refractivity contribution in [1.29, 1.82) is 0 Å². The number of nitrogens with zero attached hydrogens (tertiary/aromatic N) is 2. The summed E-state index contributed by atoms with van der Waals surface area (Å²) in [6.07, 6.45) is 2.49. The molecule has 0 spiro atoms. The fourth-order valence-electron chi connectivity index (χ4n) is 3.65. The Labute approximate surface area is 151 Å². The van der Waals surface area contributed by atoms with Crippen molar-refractivity contribution in [2.24, 2.45) is 18.9 Å². The Hall–Kier alpha value is -2.83. The van der Waals surface area contributed by atoms with Crippen molar-refractivity contribution in [3.05, 3.63) is 46.4 Å². The Morgan fingerprint density at radius 3 is 2.35 bits per heavy atom. The molecule has 26 heavy (non-hydrogen) atoms. The Morgan fingerprint density at radius 2 is 1.73 bits per heavy atom. The highest BCUT2D eigenvalue weighted by molar-refractivity contribution is 5.95. The highest BCUT2D eigenvalue weighted by Crippen LogP contribution is 2.30. The zero-order valence-corrected chi connectivity index (χ0v) is 14.9. The first kappa shape index (κ1) is 18.0. The molecular weight excluding hydrogens is 334 g/mol. The first-order chi connectivity index (χ1) is 12.4. The first-order valence-electron chi connectivity index (χ1n) is 8.77. The predicted octanol–water partition coefficient (Wildman–Crippen LogP) is 0.979. The quantitative estimate of drug-likeness (QED) is 0.883. The standard InChI is InChI=1S/C19H23N3O4/c1-12-16(18(24)22(21(12)2)13-8-4-3-5-9-13)20-17(23)14-10-6-7-11-15(14)19(25)26/h3-5,8-9,14-15H,6-7,10-11H2,1-2H3,(H,20,23)(H,25,26)/p-1. The second kappa shape index (κ2) is 7.19. The number of benzene rings is 1. The summed E-state index contributed by atoms with van der Waals surface area (Å²) in [5.74, 6) is -3.09. The van der Waals surface area contributed by atoms with Gasteiger partial charge >= 0.3 is 0 Å². The van der Waals surface area contributed by atoms with Gasteiger partial charge in [0.2, 0.25) is 5.91 Å². The molecule has 3 rings (SSSR count). The number of para-hydroxylation sites is 1. The maximum Gasteiger partial charge on any atom is 0.295 e. The molecule has 0 aliphatic heterocycles. The topological polar surface area (TPSA) is 96.2 Å². The van der Waals surface area contributed by atoms with E-state index in [0.717, 1.165) is 12.8 Å². The van der Waals surface area contributed by atoms with Crippen molar-refractivity contribution in [2.45, 2.75) is 32.6 Å². The summed E-state index contributed by atoms with van der Waals surface area (Å²) in [5.41, 5.74) is 1.14. The zero-order valence-electron chi connectivity index (χ0n) is 14.9. The molecule has 1 aliphatic rings. The van der Waals surface area contributed by atoms with Gasteiger partial charge in [0.1, 0.15) is 5.69 Å². The summed E-state index contributed by atoms with van der Waals surface area (Å²) in [4.78, 5) is 36.9. The number of carboxylic acids is 1. The average molecular weight is 356 g/mol. The first-order valence-corrected chi connectivity index (χ1v) is 8.77. The monoisotopic (exact) mass is 356 g/mol. The van der Waals surface area contributed by atoms with Gasteiger partial charge in [0.25, 0.3) is 5.56 Å². The molecule has 1 aliphatic carbocycles. The van der Waals surface area contributed by atoms with E-state index in [-0.39, 0.29) is 11.2 Å². The Bertz CT molecular complexity index is 882. The van der Waals surface area contributed by atoms with Gasteiger partial charge in [-0.15, -0.1) is 0 Å². The summed E-state index contributed by atoms with van der Waals surface area (Å²) >= 11 is 0. The minimum absolute atomic E-state index is 0.184. The SMILES string of the molecule is Cc1c(NC(=O)C2CCCCC2C(=O)[O-])c(=O)n(-c2ccccc2)n1C. The molecular formula is C19H22N3O4-. The van der Waals surface area contributed by atoms with Crippen LogP contribution in [0.4, 0.5) is 5.69 Å². The second-order valence-corrected chi connectivity index (χ2v) is 6.74. The molecule has 7 nitrogen and oxygen atoms in total. The minimum atomic E-state index is -1.20. The second-order valence-electron chi connectivity index (χ2n) is 6.74. The lowest BCUT2D eigenvalue weighted by Crippen LogP contribution is -2.42. The Kier molecular flexibility index (Phi) is 4.97. The van der Waals surface area contributed by atoms with E-state index in [0.29, 0.717) is 24.2 Å². The molecule has 1 N–H and O–H groups in total. The van der Waals surface area contributed by atoms with E-state index in [1.54, 1.807) is 30.8 Å². The number of carbonyl (C=O) groups is 2. The maximum absolute atomic E-state index is 12.8. The number of amides is 1. The molecule has 2 atom stereocenters. The Balaban J connectivity index is 1.92. The van der Waals surface area contributed by atoms with Crippen LogP contribution in [0.5, 0.6) is 0 Å². The molecule has 1 amide bonds. The van der Waals surface area contributed by atoms with E-state index in [2.05, 4.69) is 5.32 Å². The fraction of sp³-hybridized carbons (Fsp3) is 0.421. The number of hydrogen-bond acceptors (Lipinski definition) is 4. The molecule has 0 bridgehead atoms. The van der Waals surface area contributed by atoms with E-state index in [9.17, 15) is 19.5 Å². The van der Waals surface area contributed by atoms with Gasteiger partial charge in [0, 0.05) is 24.9 Å². The van der Waals surface area contributed by atoms with Crippen LogP contribution >= 0.6 is 0 Å². The summed E-state index contributed by atoms with van der Waals surface area (Å²) in [6, 6.07) is 9.12. The molecule has 1 fully saturated rings. The third kappa shape index (κ3) is 3.16. The number of aromatic nitrogens is 2. The zero-order chi connectivity index (χ0) is 18.8. The molecule has 138 valence electrons. The normalized spacial score (nSPS) is 19.9. The van der Waals surface area contributed by atoms with Crippen LogP contribution in [0.3, 0.4) is 0 Å². The van der Waals surface area contributed by atoms with E-state index >= 15 is 0 Å². The number of nitrogens with one attached hydrogen (secondary N) is 1. The van der Waals surface area contributed by atoms with Crippen LogP contribution in [0.25, 0.3) is 5.69 Å². The molecule has 1 aromatic heterocycles. The van der Waals surface area contributed by atoms with Gasteiger partial charge < -0.3 is 15.2 Å². The van der Waals surface area contributed by atoms with Crippen LogP contribution in [0.2, 0.25) is 0 Å². The lowest BCUT2D eigenvalue weighted by Gasteiger charge is -2.30.